The molecule has 0 amide bonds. The maximum absolute atomic E-state index is 13.3. The highest BCUT2D eigenvalue weighted by Crippen LogP contribution is 2.44. The number of alkyl halides is 6. The smallest absolute Gasteiger partial charge is 0.416 e. The molecule has 0 unspecified atom stereocenters. The average Bonchev–Trinajstić information content (AvgIpc) is 2.80. The van der Waals surface area contributed by atoms with Crippen LogP contribution in [0.25, 0.3) is 5.57 Å². The number of benzene rings is 1. The Morgan fingerprint density at radius 3 is 2.22 bits per heavy atom. The summed E-state index contributed by atoms with van der Waals surface area (Å²) in [6.45, 7) is 6.05. The van der Waals surface area contributed by atoms with Gasteiger partial charge in [-0.3, -0.25) is 0 Å². The third kappa shape index (κ3) is 7.26. The molecule has 0 radical (unpaired) electrons. The molecule has 0 saturated heterocycles. The quantitative estimate of drug-likeness (QED) is 0.325. The number of nitrogens with one attached hydrogen (secondary N) is 1. The van der Waals surface area contributed by atoms with E-state index in [1.807, 2.05) is 6.07 Å². The number of aromatic nitrogens is 1. The predicted molar refractivity (Wildman–Crippen MR) is 132 cm³/mol. The highest BCUT2D eigenvalue weighted by atomic mass is 79.9. The maximum atomic E-state index is 13.3. The molecule has 0 fully saturated rings. The van der Waals surface area contributed by atoms with Gasteiger partial charge in [-0.1, -0.05) is 19.4 Å². The van der Waals surface area contributed by atoms with Crippen LogP contribution in [0.4, 0.5) is 26.3 Å². The number of hydrogen-bond donors (Lipinski definition) is 2. The van der Waals surface area contributed by atoms with Crippen LogP contribution in [0.2, 0.25) is 0 Å². The first kappa shape index (κ1) is 29.4. The molecule has 0 bridgehead atoms. The van der Waals surface area contributed by atoms with Crippen molar-refractivity contribution in [2.75, 3.05) is 13.7 Å². The third-order valence-corrected chi connectivity index (χ3v) is 7.00. The highest BCUT2D eigenvalue weighted by Gasteiger charge is 2.38. The Hall–Kier alpha value is -2.11. The van der Waals surface area contributed by atoms with E-state index in [1.165, 1.54) is 14.0 Å². The number of allylic oxidation sites excluding steroid dienone is 1. The summed E-state index contributed by atoms with van der Waals surface area (Å²) in [5.41, 5.74) is -0.569. The van der Waals surface area contributed by atoms with E-state index in [9.17, 15) is 31.4 Å². The number of aliphatic hydroxyl groups is 1. The molecule has 2 aromatic rings. The van der Waals surface area contributed by atoms with E-state index in [1.54, 1.807) is 6.20 Å². The van der Waals surface area contributed by atoms with Gasteiger partial charge in [0, 0.05) is 28.8 Å². The summed E-state index contributed by atoms with van der Waals surface area (Å²) in [7, 11) is 1.52. The van der Waals surface area contributed by atoms with E-state index in [0.717, 1.165) is 34.0 Å². The van der Waals surface area contributed by atoms with E-state index in [-0.39, 0.29) is 18.0 Å². The molecule has 37 heavy (non-hydrogen) atoms. The van der Waals surface area contributed by atoms with E-state index in [4.69, 9.17) is 4.74 Å². The molecule has 11 heteroatoms. The Kier molecular flexibility index (Phi) is 8.71. The van der Waals surface area contributed by atoms with Crippen molar-refractivity contribution in [2.45, 2.75) is 64.5 Å². The number of halogens is 7. The summed E-state index contributed by atoms with van der Waals surface area (Å²) >= 11 is 3.43. The van der Waals surface area contributed by atoms with Crippen molar-refractivity contribution in [2.24, 2.45) is 5.41 Å². The second kappa shape index (κ2) is 10.9. The van der Waals surface area contributed by atoms with Crippen LogP contribution in [0, 0.1) is 5.41 Å². The van der Waals surface area contributed by atoms with Crippen molar-refractivity contribution in [3.05, 3.63) is 62.8 Å². The summed E-state index contributed by atoms with van der Waals surface area (Å²) in [6.07, 6.45) is -7.62. The summed E-state index contributed by atoms with van der Waals surface area (Å²) in [5.74, 6) is 0.451. The van der Waals surface area contributed by atoms with E-state index < -0.39 is 41.2 Å². The largest absolute Gasteiger partial charge is 0.481 e. The number of aliphatic hydroxyl groups excluding tert-OH is 1. The van der Waals surface area contributed by atoms with Crippen molar-refractivity contribution in [3.8, 4) is 5.88 Å². The molecule has 204 valence electrons. The number of ether oxygens (including phenoxy) is 1. The molecule has 2 N–H and O–H groups in total. The van der Waals surface area contributed by atoms with Crippen molar-refractivity contribution in [1.29, 1.82) is 0 Å². The molecule has 0 saturated carbocycles. The molecular formula is C26H29BrF6N2O2. The first-order chi connectivity index (χ1) is 17.0. The van der Waals surface area contributed by atoms with Gasteiger partial charge < -0.3 is 15.2 Å². The van der Waals surface area contributed by atoms with Gasteiger partial charge >= 0.3 is 12.4 Å². The van der Waals surface area contributed by atoms with Crippen molar-refractivity contribution in [1.82, 2.24) is 10.3 Å². The molecule has 4 nitrogen and oxygen atoms in total. The SMILES string of the molecule is COc1ncc(Br)cc1C1=C(CN[C@@H](C)[C@H](O)c2cc(C(F)(F)F)cc(C(F)(F)F)c2)CC(C)(C)CC1. The third-order valence-electron chi connectivity index (χ3n) is 6.57. The molecule has 1 aromatic heterocycles. The van der Waals surface area contributed by atoms with Gasteiger partial charge in [0.2, 0.25) is 5.88 Å². The minimum Gasteiger partial charge on any atom is -0.481 e. The van der Waals surface area contributed by atoms with Crippen LogP contribution in [-0.2, 0) is 12.4 Å². The Labute approximate surface area is 220 Å². The van der Waals surface area contributed by atoms with E-state index >= 15 is 0 Å². The number of methoxy groups -OCH3 is 1. The standard InChI is InChI=1S/C26H29BrF6N2O2/c1-14(22(36)15-7-17(25(28,29)30)9-18(8-15)26(31,32)33)34-12-16-11-24(2,3)6-5-20(16)21-10-19(27)13-35-23(21)37-4/h7-10,13-14,22,34,36H,5-6,11-12H2,1-4H3/t14-,22-/m0/s1. The van der Waals surface area contributed by atoms with Gasteiger partial charge in [0.25, 0.3) is 0 Å². The second-order valence-electron chi connectivity index (χ2n) is 10.1. The number of rotatable bonds is 7. The molecule has 2 atom stereocenters. The van der Waals surface area contributed by atoms with Crippen LogP contribution in [-0.4, -0.2) is 29.8 Å². The molecule has 1 heterocycles. The monoisotopic (exact) mass is 594 g/mol. The van der Waals surface area contributed by atoms with Crippen LogP contribution in [0.15, 0.2) is 40.5 Å². The number of nitrogens with zero attached hydrogens (tertiary/aromatic N) is 1. The molecular weight excluding hydrogens is 566 g/mol. The molecule has 1 aliphatic rings. The van der Waals surface area contributed by atoms with Crippen molar-refractivity contribution >= 4 is 21.5 Å². The van der Waals surface area contributed by atoms with Gasteiger partial charge in [0.1, 0.15) is 0 Å². The van der Waals surface area contributed by atoms with Crippen LogP contribution >= 0.6 is 15.9 Å². The lowest BCUT2D eigenvalue weighted by molar-refractivity contribution is -0.143. The summed E-state index contributed by atoms with van der Waals surface area (Å²) in [5, 5.41) is 13.9. The normalized spacial score (nSPS) is 18.1. The zero-order valence-electron chi connectivity index (χ0n) is 20.8. The summed E-state index contributed by atoms with van der Waals surface area (Å²) in [6, 6.07) is 2.23. The van der Waals surface area contributed by atoms with Crippen LogP contribution < -0.4 is 10.1 Å². The fraction of sp³-hybridized carbons (Fsp3) is 0.500. The Morgan fingerprint density at radius 2 is 1.68 bits per heavy atom. The zero-order chi connectivity index (χ0) is 27.8. The van der Waals surface area contributed by atoms with Gasteiger partial charge in [0.15, 0.2) is 0 Å². The lowest BCUT2D eigenvalue weighted by Gasteiger charge is -2.34. The number of hydrogen-bond acceptors (Lipinski definition) is 4. The zero-order valence-corrected chi connectivity index (χ0v) is 22.4. The lowest BCUT2D eigenvalue weighted by Crippen LogP contribution is -2.35. The van der Waals surface area contributed by atoms with Crippen molar-refractivity contribution in [3.63, 3.8) is 0 Å². The predicted octanol–water partition coefficient (Wildman–Crippen LogP) is 7.57. The minimum absolute atomic E-state index is 0.0162. The lowest BCUT2D eigenvalue weighted by atomic mass is 9.73. The Balaban J connectivity index is 1.91. The molecule has 1 aliphatic carbocycles. The van der Waals surface area contributed by atoms with Gasteiger partial charge in [-0.05, 0) is 82.9 Å². The summed E-state index contributed by atoms with van der Waals surface area (Å²) in [4.78, 5) is 4.31. The first-order valence-electron chi connectivity index (χ1n) is 11.6. The summed E-state index contributed by atoms with van der Waals surface area (Å²) < 4.78 is 85.8. The molecule has 1 aromatic carbocycles. The Bertz CT molecular complexity index is 1130. The van der Waals surface area contributed by atoms with E-state index in [2.05, 4.69) is 40.1 Å². The molecule has 0 aliphatic heterocycles. The van der Waals surface area contributed by atoms with Crippen LogP contribution in [0.1, 0.15) is 68.4 Å². The van der Waals surface area contributed by atoms with Gasteiger partial charge in [-0.2, -0.15) is 26.3 Å². The van der Waals surface area contributed by atoms with Crippen molar-refractivity contribution < 1.29 is 36.2 Å². The molecule has 3 rings (SSSR count). The van der Waals surface area contributed by atoms with Crippen LogP contribution in [0.3, 0.4) is 0 Å². The topological polar surface area (TPSA) is 54.4 Å². The fourth-order valence-electron chi connectivity index (χ4n) is 4.55. The Morgan fingerprint density at radius 1 is 1.08 bits per heavy atom. The van der Waals surface area contributed by atoms with Crippen LogP contribution in [0.5, 0.6) is 5.88 Å². The average molecular weight is 595 g/mol. The van der Waals surface area contributed by atoms with Gasteiger partial charge in [-0.15, -0.1) is 0 Å². The number of pyridine rings is 1. The maximum Gasteiger partial charge on any atom is 0.416 e. The fourth-order valence-corrected chi connectivity index (χ4v) is 4.88. The highest BCUT2D eigenvalue weighted by molar-refractivity contribution is 9.10. The first-order valence-corrected chi connectivity index (χ1v) is 12.4. The van der Waals surface area contributed by atoms with Gasteiger partial charge in [-0.25, -0.2) is 4.98 Å². The molecule has 0 spiro atoms. The van der Waals surface area contributed by atoms with E-state index in [0.29, 0.717) is 24.4 Å². The minimum atomic E-state index is -4.99. The second-order valence-corrected chi connectivity index (χ2v) is 11.0. The van der Waals surface area contributed by atoms with Gasteiger partial charge in [0.05, 0.1) is 24.3 Å².